The second kappa shape index (κ2) is 5.68. The highest BCUT2D eigenvalue weighted by Gasteiger charge is 2.31. The fourth-order valence-corrected chi connectivity index (χ4v) is 2.40. The Bertz CT molecular complexity index is 873. The zero-order valence-corrected chi connectivity index (χ0v) is 11.8. The van der Waals surface area contributed by atoms with Gasteiger partial charge in [-0.1, -0.05) is 18.2 Å². The first-order chi connectivity index (χ1) is 11.0. The summed E-state index contributed by atoms with van der Waals surface area (Å²) in [6.45, 7) is 0.398. The van der Waals surface area contributed by atoms with Crippen molar-refractivity contribution in [1.29, 1.82) is 5.26 Å². The lowest BCUT2D eigenvalue weighted by atomic mass is 10.1. The smallest absolute Gasteiger partial charge is 0.406 e. The molecule has 0 aliphatic rings. The van der Waals surface area contributed by atoms with Gasteiger partial charge in [-0.05, 0) is 18.1 Å². The van der Waals surface area contributed by atoms with Crippen molar-refractivity contribution < 1.29 is 17.9 Å². The lowest BCUT2D eigenvalue weighted by Gasteiger charge is -2.13. The van der Waals surface area contributed by atoms with Crippen LogP contribution in [0.3, 0.4) is 0 Å². The summed E-state index contributed by atoms with van der Waals surface area (Å²) in [7, 11) is 0. The molecule has 0 saturated heterocycles. The summed E-state index contributed by atoms with van der Waals surface area (Å²) in [5, 5.41) is 13.1. The standard InChI is InChI=1S/C15H11F3N4O/c16-15(17,18)23-13-4-2-1-3-11(13)5-6-21-7-8-22-14(21)12(9-19)10-20-22/h1-4,7-8,10H,5-6H2. The van der Waals surface area contributed by atoms with Crippen molar-refractivity contribution >= 4 is 5.65 Å². The number of alkyl halides is 3. The van der Waals surface area contributed by atoms with Crippen LogP contribution < -0.4 is 4.74 Å². The molecule has 0 spiro atoms. The van der Waals surface area contributed by atoms with Crippen molar-refractivity contribution in [3.05, 3.63) is 54.0 Å². The molecule has 8 heteroatoms. The molecule has 2 heterocycles. The largest absolute Gasteiger partial charge is 0.573 e. The highest BCUT2D eigenvalue weighted by atomic mass is 19.4. The quantitative estimate of drug-likeness (QED) is 0.742. The van der Waals surface area contributed by atoms with Crippen LogP contribution >= 0.6 is 0 Å². The first kappa shape index (κ1) is 15.0. The molecule has 0 aliphatic carbocycles. The van der Waals surface area contributed by atoms with Crippen molar-refractivity contribution in [2.45, 2.75) is 19.3 Å². The second-order valence-corrected chi connectivity index (χ2v) is 4.84. The van der Waals surface area contributed by atoms with Crippen LogP contribution in [0.5, 0.6) is 5.75 Å². The summed E-state index contributed by atoms with van der Waals surface area (Å²) in [6, 6.07) is 8.06. The van der Waals surface area contributed by atoms with E-state index in [9.17, 15) is 13.2 Å². The number of benzene rings is 1. The molecule has 0 saturated carbocycles. The summed E-state index contributed by atoms with van der Waals surface area (Å²) in [5.74, 6) is -0.211. The fourth-order valence-electron chi connectivity index (χ4n) is 2.40. The molecule has 0 radical (unpaired) electrons. The van der Waals surface area contributed by atoms with Crippen molar-refractivity contribution in [3.8, 4) is 11.8 Å². The summed E-state index contributed by atoms with van der Waals surface area (Å²) < 4.78 is 44.6. The van der Waals surface area contributed by atoms with E-state index in [1.807, 2.05) is 6.07 Å². The van der Waals surface area contributed by atoms with Gasteiger partial charge in [-0.25, -0.2) is 4.52 Å². The second-order valence-electron chi connectivity index (χ2n) is 4.84. The van der Waals surface area contributed by atoms with Gasteiger partial charge in [-0.3, -0.25) is 0 Å². The molecule has 0 amide bonds. The van der Waals surface area contributed by atoms with Gasteiger partial charge in [-0.15, -0.1) is 13.2 Å². The van der Waals surface area contributed by atoms with E-state index in [0.29, 0.717) is 29.7 Å². The summed E-state index contributed by atoms with van der Waals surface area (Å²) in [6.07, 6.45) is 0.472. The Morgan fingerprint density at radius 1 is 1.22 bits per heavy atom. The molecule has 0 aliphatic heterocycles. The third kappa shape index (κ3) is 3.13. The highest BCUT2D eigenvalue weighted by molar-refractivity contribution is 5.55. The molecule has 3 rings (SSSR count). The minimum Gasteiger partial charge on any atom is -0.406 e. The Morgan fingerprint density at radius 2 is 2.00 bits per heavy atom. The summed E-state index contributed by atoms with van der Waals surface area (Å²) in [4.78, 5) is 0. The number of rotatable bonds is 4. The van der Waals surface area contributed by atoms with Gasteiger partial charge in [0, 0.05) is 18.9 Å². The zero-order chi connectivity index (χ0) is 16.4. The van der Waals surface area contributed by atoms with E-state index >= 15 is 0 Å². The SMILES string of the molecule is N#Cc1cnn2ccn(CCc3ccccc3OC(F)(F)F)c12. The maximum Gasteiger partial charge on any atom is 0.573 e. The topological polar surface area (TPSA) is 55.2 Å². The summed E-state index contributed by atoms with van der Waals surface area (Å²) >= 11 is 0. The fraction of sp³-hybridized carbons (Fsp3) is 0.200. The monoisotopic (exact) mass is 320 g/mol. The van der Waals surface area contributed by atoms with E-state index < -0.39 is 6.36 Å². The van der Waals surface area contributed by atoms with E-state index in [2.05, 4.69) is 9.84 Å². The van der Waals surface area contributed by atoms with Crippen molar-refractivity contribution in [2.24, 2.45) is 0 Å². The third-order valence-electron chi connectivity index (χ3n) is 3.37. The van der Waals surface area contributed by atoms with Crippen LogP contribution in [0.2, 0.25) is 0 Å². The van der Waals surface area contributed by atoms with E-state index in [0.717, 1.165) is 0 Å². The number of hydrogen-bond donors (Lipinski definition) is 0. The number of fused-ring (bicyclic) bond motifs is 1. The number of para-hydroxylation sites is 1. The maximum absolute atomic E-state index is 12.4. The molecular weight excluding hydrogens is 309 g/mol. The molecule has 2 aromatic heterocycles. The average molecular weight is 320 g/mol. The Hall–Kier alpha value is -2.95. The Labute approximate surface area is 129 Å². The van der Waals surface area contributed by atoms with Crippen LogP contribution in [0, 0.1) is 11.3 Å². The molecule has 0 fully saturated rings. The van der Waals surface area contributed by atoms with Crippen LogP contribution in [0.25, 0.3) is 5.65 Å². The Balaban J connectivity index is 1.83. The number of halogens is 3. The van der Waals surface area contributed by atoms with E-state index in [1.54, 1.807) is 33.6 Å². The van der Waals surface area contributed by atoms with Gasteiger partial charge in [0.15, 0.2) is 5.65 Å². The van der Waals surface area contributed by atoms with Gasteiger partial charge in [0.2, 0.25) is 0 Å². The number of nitrogens with zero attached hydrogens (tertiary/aromatic N) is 4. The van der Waals surface area contributed by atoms with E-state index in [-0.39, 0.29) is 5.75 Å². The lowest BCUT2D eigenvalue weighted by molar-refractivity contribution is -0.274. The van der Waals surface area contributed by atoms with Crippen LogP contribution in [0.15, 0.2) is 42.9 Å². The maximum atomic E-state index is 12.4. The van der Waals surface area contributed by atoms with E-state index in [4.69, 9.17) is 5.26 Å². The molecule has 0 unspecified atom stereocenters. The molecule has 0 bridgehead atoms. The Morgan fingerprint density at radius 3 is 2.74 bits per heavy atom. The van der Waals surface area contributed by atoms with Gasteiger partial charge in [0.25, 0.3) is 0 Å². The minimum atomic E-state index is -4.73. The predicted molar refractivity (Wildman–Crippen MR) is 74.7 cm³/mol. The van der Waals surface area contributed by atoms with Crippen LogP contribution in [-0.4, -0.2) is 20.5 Å². The number of nitriles is 1. The van der Waals surface area contributed by atoms with Crippen molar-refractivity contribution in [2.75, 3.05) is 0 Å². The lowest BCUT2D eigenvalue weighted by Crippen LogP contribution is -2.18. The van der Waals surface area contributed by atoms with Crippen LogP contribution in [0.4, 0.5) is 13.2 Å². The molecule has 1 aromatic carbocycles. The molecule has 23 heavy (non-hydrogen) atoms. The molecule has 5 nitrogen and oxygen atoms in total. The highest BCUT2D eigenvalue weighted by Crippen LogP contribution is 2.27. The minimum absolute atomic E-state index is 0.211. The number of aromatic nitrogens is 3. The average Bonchev–Trinajstić information content (AvgIpc) is 3.06. The van der Waals surface area contributed by atoms with Crippen molar-refractivity contribution in [3.63, 3.8) is 0 Å². The van der Waals surface area contributed by atoms with Gasteiger partial charge >= 0.3 is 6.36 Å². The van der Waals surface area contributed by atoms with Gasteiger partial charge < -0.3 is 9.30 Å². The van der Waals surface area contributed by atoms with Crippen LogP contribution in [0.1, 0.15) is 11.1 Å². The number of hydrogen-bond acceptors (Lipinski definition) is 3. The Kier molecular flexibility index (Phi) is 3.70. The van der Waals surface area contributed by atoms with Gasteiger partial charge in [0.1, 0.15) is 17.4 Å². The number of imidazole rings is 1. The first-order valence-electron chi connectivity index (χ1n) is 6.74. The van der Waals surface area contributed by atoms with Crippen LogP contribution in [-0.2, 0) is 13.0 Å². The van der Waals surface area contributed by atoms with Crippen molar-refractivity contribution in [1.82, 2.24) is 14.2 Å². The normalized spacial score (nSPS) is 11.6. The zero-order valence-electron chi connectivity index (χ0n) is 11.8. The molecule has 118 valence electrons. The first-order valence-corrected chi connectivity index (χ1v) is 6.74. The third-order valence-corrected chi connectivity index (χ3v) is 3.37. The molecule has 0 atom stereocenters. The molecular formula is C15H11F3N4O. The summed E-state index contributed by atoms with van der Waals surface area (Å²) in [5.41, 5.74) is 1.46. The molecule has 3 aromatic rings. The van der Waals surface area contributed by atoms with E-state index in [1.165, 1.54) is 18.3 Å². The van der Waals surface area contributed by atoms with Gasteiger partial charge in [-0.2, -0.15) is 10.4 Å². The predicted octanol–water partition coefficient (Wildman–Crippen LogP) is 3.15. The molecule has 0 N–H and O–H groups in total. The number of ether oxygens (including phenoxy) is 1. The number of aryl methyl sites for hydroxylation is 2. The van der Waals surface area contributed by atoms with Gasteiger partial charge in [0.05, 0.1) is 6.20 Å².